The molecule has 0 aromatic heterocycles. The van der Waals surface area contributed by atoms with Gasteiger partial charge in [0.25, 0.3) is 0 Å². The van der Waals surface area contributed by atoms with Crippen LogP contribution in [0.25, 0.3) is 0 Å². The van der Waals surface area contributed by atoms with E-state index in [-0.39, 0.29) is 0 Å². The van der Waals surface area contributed by atoms with Crippen molar-refractivity contribution in [3.8, 4) is 0 Å². The molecule has 0 amide bonds. The molecule has 0 radical (unpaired) electrons. The predicted octanol–water partition coefficient (Wildman–Crippen LogP) is 4.84. The molecule has 0 spiro atoms. The number of alkyl halides is 2. The number of hydrogen-bond acceptors (Lipinski definition) is 2. The van der Waals surface area contributed by atoms with E-state index < -0.39 is 9.39 Å². The molecule has 1 rings (SSSR count). The summed E-state index contributed by atoms with van der Waals surface area (Å²) in [6, 6.07) is 5.52. The lowest BCUT2D eigenvalue weighted by Gasteiger charge is -2.22. The van der Waals surface area contributed by atoms with Crippen LogP contribution in [0, 0.1) is 0 Å². The first-order chi connectivity index (χ1) is 7.38. The van der Waals surface area contributed by atoms with Crippen molar-refractivity contribution in [1.82, 2.24) is 0 Å². The van der Waals surface area contributed by atoms with Crippen LogP contribution in [0.4, 0.5) is 0 Å². The Morgan fingerprint density at radius 3 is 2.56 bits per heavy atom. The average molecular weight is 478 g/mol. The molecule has 6 heteroatoms. The van der Waals surface area contributed by atoms with E-state index in [1.165, 1.54) is 0 Å². The summed E-state index contributed by atoms with van der Waals surface area (Å²) in [5.41, 5.74) is 0.733. The van der Waals surface area contributed by atoms with Crippen molar-refractivity contribution in [2.75, 3.05) is 0 Å². The van der Waals surface area contributed by atoms with E-state index in [4.69, 9.17) is 4.74 Å². The molecule has 0 atom stereocenters. The second-order valence-corrected chi connectivity index (χ2v) is 7.69. The maximum absolute atomic E-state index is 11.2. The molecule has 0 aliphatic heterocycles. The summed E-state index contributed by atoms with van der Waals surface area (Å²) in [4.78, 5) is 11.2. The summed E-state index contributed by atoms with van der Waals surface area (Å²) >= 11 is 13.4. The van der Waals surface area contributed by atoms with E-state index in [0.29, 0.717) is 0 Å². The zero-order chi connectivity index (χ0) is 12.3. The highest BCUT2D eigenvalue weighted by molar-refractivity contribution is 9.24. The van der Waals surface area contributed by atoms with E-state index >= 15 is 0 Å². The molecule has 0 aliphatic rings. The molecule has 0 aliphatic carbocycles. The first kappa shape index (κ1) is 14.4. The summed E-state index contributed by atoms with van der Waals surface area (Å²) in [5.74, 6) is -0.527. The highest BCUT2D eigenvalue weighted by Gasteiger charge is 2.31. The maximum atomic E-state index is 11.2. The Labute approximate surface area is 127 Å². The summed E-state index contributed by atoms with van der Waals surface area (Å²) in [6.45, 7) is 3.34. The number of carbonyl (C=O) groups excluding carboxylic acids is 1. The maximum Gasteiger partial charge on any atom is 0.332 e. The van der Waals surface area contributed by atoms with Crippen molar-refractivity contribution in [3.05, 3.63) is 45.4 Å². The summed E-state index contributed by atoms with van der Waals surface area (Å²) in [5, 5.41) is 0. The average Bonchev–Trinajstić information content (AvgIpc) is 2.21. The van der Waals surface area contributed by atoms with Gasteiger partial charge in [0.15, 0.2) is 0 Å². The molecule has 2 nitrogen and oxygen atoms in total. The Morgan fingerprint density at radius 1 is 1.38 bits per heavy atom. The lowest BCUT2D eigenvalue weighted by molar-refractivity contribution is -0.140. The van der Waals surface area contributed by atoms with Gasteiger partial charge in [-0.25, -0.2) is 4.79 Å². The third-order valence-corrected chi connectivity index (χ3v) is 4.89. The van der Waals surface area contributed by atoms with Crippen molar-refractivity contribution in [2.45, 2.75) is 3.42 Å². The van der Waals surface area contributed by atoms with Crippen LogP contribution in [0.3, 0.4) is 0 Å². The Morgan fingerprint density at radius 2 is 2.00 bits per heavy atom. The first-order valence-corrected chi connectivity index (χ1v) is 7.23. The molecule has 0 N–H and O–H groups in total. The van der Waals surface area contributed by atoms with Crippen molar-refractivity contribution in [1.29, 1.82) is 0 Å². The van der Waals surface area contributed by atoms with Crippen LogP contribution in [0.15, 0.2) is 39.8 Å². The van der Waals surface area contributed by atoms with Crippen LogP contribution in [0.5, 0.6) is 0 Å². The van der Waals surface area contributed by atoms with Crippen LogP contribution in [0.1, 0.15) is 5.56 Å². The second kappa shape index (κ2) is 5.80. The quantitative estimate of drug-likeness (QED) is 0.354. The molecule has 86 valence electrons. The lowest BCUT2D eigenvalue weighted by Crippen LogP contribution is -2.18. The van der Waals surface area contributed by atoms with Gasteiger partial charge in [-0.15, -0.1) is 0 Å². The molecule has 0 saturated carbocycles. The molecule has 0 bridgehead atoms. The molecular weight excluding hydrogens is 472 g/mol. The number of carbonyl (C=O) groups is 1. The molecule has 16 heavy (non-hydrogen) atoms. The van der Waals surface area contributed by atoms with Crippen LogP contribution in [0.2, 0.25) is 0 Å². The molecule has 0 saturated heterocycles. The van der Waals surface area contributed by atoms with E-state index in [1.807, 2.05) is 18.2 Å². The van der Waals surface area contributed by atoms with Gasteiger partial charge in [0.2, 0.25) is 3.42 Å². The van der Waals surface area contributed by atoms with Crippen LogP contribution in [-0.4, -0.2) is 5.97 Å². The fourth-order valence-electron chi connectivity index (χ4n) is 0.952. The minimum atomic E-state index is -1.08. The van der Waals surface area contributed by atoms with Crippen LogP contribution < -0.4 is 0 Å². The predicted molar refractivity (Wildman–Crippen MR) is 77.7 cm³/mol. The van der Waals surface area contributed by atoms with E-state index in [2.05, 4.69) is 70.3 Å². The van der Waals surface area contributed by atoms with Gasteiger partial charge in [-0.05, 0) is 69.8 Å². The molecule has 0 unspecified atom stereocenters. The topological polar surface area (TPSA) is 26.3 Å². The van der Waals surface area contributed by atoms with Gasteiger partial charge < -0.3 is 4.74 Å². The van der Waals surface area contributed by atoms with Gasteiger partial charge in [-0.2, -0.15) is 0 Å². The second-order valence-electron chi connectivity index (χ2n) is 2.74. The van der Waals surface area contributed by atoms with Crippen LogP contribution >= 0.6 is 63.7 Å². The Kier molecular flexibility index (Phi) is 5.22. The summed E-state index contributed by atoms with van der Waals surface area (Å²) in [6.07, 6.45) is 1.10. The molecule has 0 heterocycles. The van der Waals surface area contributed by atoms with Gasteiger partial charge >= 0.3 is 5.97 Å². The third-order valence-electron chi connectivity index (χ3n) is 1.66. The van der Waals surface area contributed by atoms with E-state index in [0.717, 1.165) is 20.6 Å². The van der Waals surface area contributed by atoms with Crippen LogP contribution in [-0.2, 0) is 13.0 Å². The number of benzene rings is 1. The highest BCUT2D eigenvalue weighted by atomic mass is 79.9. The van der Waals surface area contributed by atoms with E-state index in [9.17, 15) is 4.79 Å². The zero-order valence-electron chi connectivity index (χ0n) is 7.84. The SMILES string of the molecule is C=CC(=O)OC(Br)(Br)c1cccc(Br)c1Br. The van der Waals surface area contributed by atoms with Crippen molar-refractivity contribution >= 4 is 69.7 Å². The highest BCUT2D eigenvalue weighted by Crippen LogP contribution is 2.44. The monoisotopic (exact) mass is 474 g/mol. The summed E-state index contributed by atoms with van der Waals surface area (Å²) in [7, 11) is 0. The number of halogens is 4. The van der Waals surface area contributed by atoms with Gasteiger partial charge in [0.1, 0.15) is 0 Å². The number of rotatable bonds is 3. The largest absolute Gasteiger partial charge is 0.429 e. The van der Waals surface area contributed by atoms with Gasteiger partial charge in [-0.3, -0.25) is 0 Å². The summed E-state index contributed by atoms with van der Waals surface area (Å²) < 4.78 is 5.71. The normalized spacial score (nSPS) is 11.0. The zero-order valence-corrected chi connectivity index (χ0v) is 14.2. The third kappa shape index (κ3) is 3.42. The number of hydrogen-bond donors (Lipinski definition) is 0. The van der Waals surface area contributed by atoms with Crippen molar-refractivity contribution < 1.29 is 9.53 Å². The minimum absolute atomic E-state index is 0.527. The van der Waals surface area contributed by atoms with Crippen molar-refractivity contribution in [2.24, 2.45) is 0 Å². The number of ether oxygens (including phenoxy) is 1. The molecule has 1 aromatic rings. The number of esters is 1. The fourth-order valence-corrected chi connectivity index (χ4v) is 3.37. The van der Waals surface area contributed by atoms with E-state index in [1.54, 1.807) is 0 Å². The lowest BCUT2D eigenvalue weighted by atomic mass is 10.2. The molecule has 1 aromatic carbocycles. The Balaban J connectivity index is 3.11. The van der Waals surface area contributed by atoms with Gasteiger partial charge in [0, 0.05) is 20.6 Å². The first-order valence-electron chi connectivity index (χ1n) is 4.06. The minimum Gasteiger partial charge on any atom is -0.429 e. The molecular formula is C10H6Br4O2. The fraction of sp³-hybridized carbons (Fsp3) is 0.100. The standard InChI is InChI=1S/C10H6Br4O2/c1-2-8(15)16-10(13,14)6-4-3-5-7(11)9(6)12/h2-5H,1H2. The Bertz CT molecular complexity index is 429. The van der Waals surface area contributed by atoms with Gasteiger partial charge in [0.05, 0.1) is 0 Å². The Hall–Kier alpha value is 0.350. The van der Waals surface area contributed by atoms with Crippen molar-refractivity contribution in [3.63, 3.8) is 0 Å². The smallest absolute Gasteiger partial charge is 0.332 e. The van der Waals surface area contributed by atoms with Gasteiger partial charge in [-0.1, -0.05) is 18.7 Å². The molecule has 0 fully saturated rings.